The standard InChI is InChI=1S/C18H12F6N2O3/c1-27-13-4-3-9(7-14(13)28-2)16-25-15(26-29-16)10-5-11(17(19,20)21)8-12(6-10)18(22,23)24/h3-8H,1-2H3. The summed E-state index contributed by atoms with van der Waals surface area (Å²) in [6, 6.07) is 5.61. The third kappa shape index (κ3) is 4.28. The maximum Gasteiger partial charge on any atom is 0.416 e. The van der Waals surface area contributed by atoms with E-state index < -0.39 is 34.9 Å². The fraction of sp³-hybridized carbons (Fsp3) is 0.222. The molecule has 3 aromatic rings. The zero-order chi connectivity index (χ0) is 21.4. The van der Waals surface area contributed by atoms with Gasteiger partial charge < -0.3 is 14.0 Å². The largest absolute Gasteiger partial charge is 0.493 e. The number of hydrogen-bond donors (Lipinski definition) is 0. The van der Waals surface area contributed by atoms with Crippen LogP contribution in [0.5, 0.6) is 11.5 Å². The molecule has 0 bridgehead atoms. The molecule has 154 valence electrons. The minimum atomic E-state index is -4.98. The lowest BCUT2D eigenvalue weighted by Gasteiger charge is -2.12. The Kier molecular flexibility index (Phi) is 5.16. The summed E-state index contributed by atoms with van der Waals surface area (Å²) in [5.74, 6) is 0.185. The van der Waals surface area contributed by atoms with Crippen molar-refractivity contribution >= 4 is 0 Å². The van der Waals surface area contributed by atoms with Crippen LogP contribution in [0.4, 0.5) is 26.3 Å². The van der Waals surface area contributed by atoms with Gasteiger partial charge in [0.05, 0.1) is 25.3 Å². The zero-order valence-electron chi connectivity index (χ0n) is 14.9. The topological polar surface area (TPSA) is 57.4 Å². The van der Waals surface area contributed by atoms with Gasteiger partial charge in [0, 0.05) is 11.1 Å². The van der Waals surface area contributed by atoms with Crippen LogP contribution in [0.1, 0.15) is 11.1 Å². The molecule has 0 N–H and O–H groups in total. The average molecular weight is 418 g/mol. The third-order valence-electron chi connectivity index (χ3n) is 3.90. The first-order chi connectivity index (χ1) is 13.5. The van der Waals surface area contributed by atoms with Gasteiger partial charge in [-0.15, -0.1) is 0 Å². The Labute approximate surface area is 159 Å². The summed E-state index contributed by atoms with van der Waals surface area (Å²) >= 11 is 0. The molecule has 2 aromatic carbocycles. The van der Waals surface area contributed by atoms with Gasteiger partial charge in [0.25, 0.3) is 5.89 Å². The molecule has 5 nitrogen and oxygen atoms in total. The summed E-state index contributed by atoms with van der Waals surface area (Å²) in [6.07, 6.45) is -9.96. The van der Waals surface area contributed by atoms with E-state index in [2.05, 4.69) is 10.1 Å². The zero-order valence-corrected chi connectivity index (χ0v) is 14.9. The lowest BCUT2D eigenvalue weighted by atomic mass is 10.0. The highest BCUT2D eigenvalue weighted by Crippen LogP contribution is 2.38. The molecule has 1 heterocycles. The molecule has 0 saturated carbocycles. The van der Waals surface area contributed by atoms with Crippen LogP contribution in [0.2, 0.25) is 0 Å². The van der Waals surface area contributed by atoms with E-state index in [0.717, 1.165) is 0 Å². The molecular formula is C18H12F6N2O3. The lowest BCUT2D eigenvalue weighted by molar-refractivity contribution is -0.143. The quantitative estimate of drug-likeness (QED) is 0.527. The highest BCUT2D eigenvalue weighted by atomic mass is 19.4. The molecule has 0 atom stereocenters. The van der Waals surface area contributed by atoms with Gasteiger partial charge in [-0.1, -0.05) is 5.16 Å². The second-order valence-corrected chi connectivity index (χ2v) is 5.79. The number of ether oxygens (including phenoxy) is 2. The van der Waals surface area contributed by atoms with Gasteiger partial charge in [-0.2, -0.15) is 31.3 Å². The predicted octanol–water partition coefficient (Wildman–Crippen LogP) is 5.46. The molecule has 0 aliphatic heterocycles. The van der Waals surface area contributed by atoms with Crippen molar-refractivity contribution < 1.29 is 40.3 Å². The van der Waals surface area contributed by atoms with Crippen molar-refractivity contribution in [2.24, 2.45) is 0 Å². The van der Waals surface area contributed by atoms with Crippen LogP contribution in [-0.4, -0.2) is 24.4 Å². The summed E-state index contributed by atoms with van der Waals surface area (Å²) in [5.41, 5.74) is -3.09. The molecule has 1 aromatic heterocycles. The van der Waals surface area contributed by atoms with E-state index >= 15 is 0 Å². The average Bonchev–Trinajstić information content (AvgIpc) is 3.16. The number of nitrogens with zero attached hydrogens (tertiary/aromatic N) is 2. The van der Waals surface area contributed by atoms with Gasteiger partial charge in [0.2, 0.25) is 5.82 Å². The molecule has 0 amide bonds. The van der Waals surface area contributed by atoms with Crippen LogP contribution in [-0.2, 0) is 12.4 Å². The van der Waals surface area contributed by atoms with Gasteiger partial charge in [-0.25, -0.2) is 0 Å². The predicted molar refractivity (Wildman–Crippen MR) is 88.3 cm³/mol. The SMILES string of the molecule is COc1ccc(-c2nc(-c3cc(C(F)(F)F)cc(C(F)(F)F)c3)no2)cc1OC. The van der Waals surface area contributed by atoms with E-state index in [1.54, 1.807) is 0 Å². The maximum atomic E-state index is 13.0. The van der Waals surface area contributed by atoms with Gasteiger partial charge >= 0.3 is 12.4 Å². The van der Waals surface area contributed by atoms with Crippen LogP contribution in [0.15, 0.2) is 40.9 Å². The third-order valence-corrected chi connectivity index (χ3v) is 3.90. The molecular weight excluding hydrogens is 406 g/mol. The molecule has 0 saturated heterocycles. The number of alkyl halides is 6. The highest BCUT2D eigenvalue weighted by Gasteiger charge is 2.37. The molecule has 0 fully saturated rings. The van der Waals surface area contributed by atoms with Crippen LogP contribution in [0, 0.1) is 0 Å². The number of rotatable bonds is 4. The number of methoxy groups -OCH3 is 2. The normalized spacial score (nSPS) is 12.1. The van der Waals surface area contributed by atoms with Crippen molar-refractivity contribution in [1.29, 1.82) is 0 Å². The van der Waals surface area contributed by atoms with Crippen LogP contribution in [0.3, 0.4) is 0 Å². The Morgan fingerprint density at radius 2 is 1.34 bits per heavy atom. The number of halogens is 6. The van der Waals surface area contributed by atoms with E-state index in [1.807, 2.05) is 0 Å². The maximum absolute atomic E-state index is 13.0. The number of benzene rings is 2. The first kappa shape index (κ1) is 20.5. The van der Waals surface area contributed by atoms with Crippen molar-refractivity contribution in [2.75, 3.05) is 14.2 Å². The Morgan fingerprint density at radius 1 is 0.759 bits per heavy atom. The molecule has 0 aliphatic rings. The summed E-state index contributed by atoms with van der Waals surface area (Å²) < 4.78 is 93.3. The molecule has 0 spiro atoms. The molecule has 0 aliphatic carbocycles. The number of aromatic nitrogens is 2. The van der Waals surface area contributed by atoms with E-state index in [0.29, 0.717) is 29.2 Å². The number of hydrogen-bond acceptors (Lipinski definition) is 5. The van der Waals surface area contributed by atoms with Crippen LogP contribution >= 0.6 is 0 Å². The van der Waals surface area contributed by atoms with E-state index in [-0.39, 0.29) is 12.0 Å². The Balaban J connectivity index is 2.06. The van der Waals surface area contributed by atoms with Crippen molar-refractivity contribution in [1.82, 2.24) is 10.1 Å². The van der Waals surface area contributed by atoms with E-state index in [9.17, 15) is 26.3 Å². The molecule has 11 heteroatoms. The summed E-state index contributed by atoms with van der Waals surface area (Å²) in [7, 11) is 2.82. The minimum absolute atomic E-state index is 0.0266. The molecule has 29 heavy (non-hydrogen) atoms. The Hall–Kier alpha value is -3.24. The highest BCUT2D eigenvalue weighted by molar-refractivity contribution is 5.64. The smallest absolute Gasteiger partial charge is 0.416 e. The van der Waals surface area contributed by atoms with Crippen molar-refractivity contribution in [3.05, 3.63) is 47.5 Å². The van der Waals surface area contributed by atoms with E-state index in [1.165, 1.54) is 32.4 Å². The Morgan fingerprint density at radius 3 is 1.86 bits per heavy atom. The van der Waals surface area contributed by atoms with Crippen molar-refractivity contribution in [3.8, 4) is 34.3 Å². The van der Waals surface area contributed by atoms with Gasteiger partial charge in [-0.05, 0) is 36.4 Å². The summed E-state index contributed by atoms with van der Waals surface area (Å²) in [6.45, 7) is 0. The van der Waals surface area contributed by atoms with Crippen molar-refractivity contribution in [3.63, 3.8) is 0 Å². The fourth-order valence-corrected chi connectivity index (χ4v) is 2.51. The molecule has 0 unspecified atom stereocenters. The first-order valence-corrected chi connectivity index (χ1v) is 7.89. The van der Waals surface area contributed by atoms with Crippen LogP contribution in [0.25, 0.3) is 22.8 Å². The Bertz CT molecular complexity index is 995. The minimum Gasteiger partial charge on any atom is -0.493 e. The first-order valence-electron chi connectivity index (χ1n) is 7.89. The lowest BCUT2D eigenvalue weighted by Crippen LogP contribution is -2.11. The second kappa shape index (κ2) is 7.30. The van der Waals surface area contributed by atoms with Gasteiger partial charge in [-0.3, -0.25) is 0 Å². The van der Waals surface area contributed by atoms with Crippen LogP contribution < -0.4 is 9.47 Å². The summed E-state index contributed by atoms with van der Waals surface area (Å²) in [5, 5.41) is 3.51. The molecule has 3 rings (SSSR count). The monoisotopic (exact) mass is 418 g/mol. The summed E-state index contributed by atoms with van der Waals surface area (Å²) in [4.78, 5) is 3.92. The van der Waals surface area contributed by atoms with Crippen molar-refractivity contribution in [2.45, 2.75) is 12.4 Å². The molecule has 0 radical (unpaired) electrons. The van der Waals surface area contributed by atoms with Gasteiger partial charge in [0.15, 0.2) is 11.5 Å². The second-order valence-electron chi connectivity index (χ2n) is 5.79. The van der Waals surface area contributed by atoms with Gasteiger partial charge in [0.1, 0.15) is 0 Å². The van der Waals surface area contributed by atoms with E-state index in [4.69, 9.17) is 14.0 Å². The fourth-order valence-electron chi connectivity index (χ4n) is 2.51.